The van der Waals surface area contributed by atoms with Gasteiger partial charge in [0.05, 0.1) is 13.2 Å². The van der Waals surface area contributed by atoms with E-state index in [9.17, 15) is 19.0 Å². The molecule has 0 saturated carbocycles. The Morgan fingerprint density at radius 1 is 0.369 bits per heavy atom. The standard InChI is InChI=1S/C74H138NO8P/c1-3-5-7-9-11-13-15-17-19-21-23-25-27-29-31-33-34-35-36-37-38-39-41-43-45-47-49-51-53-55-57-59-61-63-65-67-74(77)83-72(71-82-84(78,79)81-69-68-75)70-80-73(76)66-64-62-60-58-56-54-52-50-48-46-44-42-40-32-30-28-26-24-22-20-18-16-14-12-10-8-6-4-2/h5,7,11,13,17,19,23,25,29,31,72H,3-4,6,8-10,12,14-16,18,20-22,24,26-28,30,32-71,75H2,1-2H3,(H,78,79)/b7-5-,13-11-,19-17-,25-23-,31-29-. The zero-order chi connectivity index (χ0) is 60.9. The number of nitrogens with two attached hydrogens (primary N) is 1. The lowest BCUT2D eigenvalue weighted by Crippen LogP contribution is -2.29. The van der Waals surface area contributed by atoms with Crippen molar-refractivity contribution in [2.75, 3.05) is 26.4 Å². The van der Waals surface area contributed by atoms with Gasteiger partial charge in [-0.1, -0.05) is 357 Å². The van der Waals surface area contributed by atoms with Gasteiger partial charge in [-0.3, -0.25) is 18.6 Å². The number of allylic oxidation sites excluding steroid dienone is 10. The summed E-state index contributed by atoms with van der Waals surface area (Å²) >= 11 is 0. The van der Waals surface area contributed by atoms with Gasteiger partial charge in [-0.05, 0) is 57.8 Å². The molecule has 0 aromatic rings. The van der Waals surface area contributed by atoms with Gasteiger partial charge in [-0.15, -0.1) is 0 Å². The van der Waals surface area contributed by atoms with Crippen LogP contribution in [-0.4, -0.2) is 49.3 Å². The van der Waals surface area contributed by atoms with E-state index in [0.717, 1.165) is 64.2 Å². The minimum atomic E-state index is -4.39. The van der Waals surface area contributed by atoms with E-state index in [1.54, 1.807) is 0 Å². The maximum absolute atomic E-state index is 12.8. The van der Waals surface area contributed by atoms with Gasteiger partial charge in [-0.2, -0.15) is 0 Å². The number of phosphoric ester groups is 1. The van der Waals surface area contributed by atoms with Gasteiger partial charge < -0.3 is 20.1 Å². The lowest BCUT2D eigenvalue weighted by molar-refractivity contribution is -0.161. The van der Waals surface area contributed by atoms with E-state index in [2.05, 4.69) is 74.6 Å². The Bertz CT molecular complexity index is 1560. The first kappa shape index (κ1) is 81.7. The molecule has 0 spiro atoms. The Hall–Kier alpha value is -2.29. The molecular weight excluding hydrogens is 1060 g/mol. The van der Waals surface area contributed by atoms with Crippen molar-refractivity contribution in [2.24, 2.45) is 5.73 Å². The zero-order valence-electron chi connectivity index (χ0n) is 55.4. The van der Waals surface area contributed by atoms with E-state index in [4.69, 9.17) is 24.3 Å². The Labute approximate surface area is 520 Å². The second-order valence-corrected chi connectivity index (χ2v) is 25.9. The van der Waals surface area contributed by atoms with Gasteiger partial charge in [0.25, 0.3) is 0 Å². The van der Waals surface area contributed by atoms with Crippen LogP contribution in [0.5, 0.6) is 0 Å². The largest absolute Gasteiger partial charge is 0.472 e. The molecule has 0 radical (unpaired) electrons. The van der Waals surface area contributed by atoms with Gasteiger partial charge in [0.1, 0.15) is 6.61 Å². The summed E-state index contributed by atoms with van der Waals surface area (Å²) in [5, 5.41) is 0. The highest BCUT2D eigenvalue weighted by Gasteiger charge is 2.26. The minimum Gasteiger partial charge on any atom is -0.462 e. The highest BCUT2D eigenvalue weighted by atomic mass is 31.2. The Kier molecular flexibility index (Phi) is 67.9. The molecule has 0 saturated heterocycles. The van der Waals surface area contributed by atoms with Crippen molar-refractivity contribution in [2.45, 2.75) is 373 Å². The third-order valence-electron chi connectivity index (χ3n) is 16.2. The lowest BCUT2D eigenvalue weighted by atomic mass is 10.0. The predicted molar refractivity (Wildman–Crippen MR) is 363 cm³/mol. The molecule has 0 bridgehead atoms. The lowest BCUT2D eigenvalue weighted by Gasteiger charge is -2.19. The van der Waals surface area contributed by atoms with Gasteiger partial charge in [0.2, 0.25) is 0 Å². The molecular formula is C74H138NO8P. The highest BCUT2D eigenvalue weighted by Crippen LogP contribution is 2.43. The van der Waals surface area contributed by atoms with E-state index in [1.807, 2.05) is 0 Å². The first-order valence-electron chi connectivity index (χ1n) is 36.3. The summed E-state index contributed by atoms with van der Waals surface area (Å²) in [7, 11) is -4.39. The summed E-state index contributed by atoms with van der Waals surface area (Å²) in [4.78, 5) is 35.4. The third kappa shape index (κ3) is 68.8. The van der Waals surface area contributed by atoms with Crippen LogP contribution in [0.15, 0.2) is 60.8 Å². The molecule has 3 N–H and O–H groups in total. The highest BCUT2D eigenvalue weighted by molar-refractivity contribution is 7.47. The quantitative estimate of drug-likeness (QED) is 0.0264. The summed E-state index contributed by atoms with van der Waals surface area (Å²) in [6.45, 7) is 3.70. The van der Waals surface area contributed by atoms with Crippen molar-refractivity contribution in [3.63, 3.8) is 0 Å². The van der Waals surface area contributed by atoms with Crippen molar-refractivity contribution in [1.29, 1.82) is 0 Å². The maximum Gasteiger partial charge on any atom is 0.472 e. The van der Waals surface area contributed by atoms with E-state index in [1.165, 1.54) is 270 Å². The Balaban J connectivity index is 3.81. The summed E-state index contributed by atoms with van der Waals surface area (Å²) in [5.41, 5.74) is 5.41. The van der Waals surface area contributed by atoms with Crippen molar-refractivity contribution >= 4 is 19.8 Å². The Morgan fingerprint density at radius 2 is 0.655 bits per heavy atom. The average Bonchev–Trinajstić information content (AvgIpc) is 3.58. The summed E-state index contributed by atoms with van der Waals surface area (Å²) in [6, 6.07) is 0. The number of hydrogen-bond donors (Lipinski definition) is 2. The van der Waals surface area contributed by atoms with Crippen molar-refractivity contribution in [3.8, 4) is 0 Å². The van der Waals surface area contributed by atoms with E-state index in [-0.39, 0.29) is 38.6 Å². The summed E-state index contributed by atoms with van der Waals surface area (Å²) in [5.74, 6) is -0.806. The normalized spacial score (nSPS) is 13.2. The molecule has 492 valence electrons. The molecule has 0 heterocycles. The molecule has 0 rings (SSSR count). The summed E-state index contributed by atoms with van der Waals surface area (Å²) in [6.07, 6.45) is 90.5. The minimum absolute atomic E-state index is 0.0552. The van der Waals surface area contributed by atoms with Crippen LogP contribution in [0.1, 0.15) is 367 Å². The number of phosphoric acid groups is 1. The number of ether oxygens (including phenoxy) is 2. The van der Waals surface area contributed by atoms with Gasteiger partial charge in [-0.25, -0.2) is 4.57 Å². The molecule has 84 heavy (non-hydrogen) atoms. The summed E-state index contributed by atoms with van der Waals surface area (Å²) < 4.78 is 33.2. The van der Waals surface area contributed by atoms with Crippen LogP contribution in [-0.2, 0) is 32.7 Å². The van der Waals surface area contributed by atoms with Crippen LogP contribution >= 0.6 is 7.82 Å². The van der Waals surface area contributed by atoms with Crippen LogP contribution in [0, 0.1) is 0 Å². The maximum atomic E-state index is 12.8. The van der Waals surface area contributed by atoms with Crippen molar-refractivity contribution in [1.82, 2.24) is 0 Å². The van der Waals surface area contributed by atoms with Crippen LogP contribution in [0.3, 0.4) is 0 Å². The van der Waals surface area contributed by atoms with E-state index < -0.39 is 26.5 Å². The number of rotatable bonds is 69. The smallest absolute Gasteiger partial charge is 0.462 e. The van der Waals surface area contributed by atoms with Crippen LogP contribution < -0.4 is 5.73 Å². The topological polar surface area (TPSA) is 134 Å². The van der Waals surface area contributed by atoms with Gasteiger partial charge >= 0.3 is 19.8 Å². The van der Waals surface area contributed by atoms with Gasteiger partial charge in [0.15, 0.2) is 6.10 Å². The molecule has 0 aromatic carbocycles. The fraction of sp³-hybridized carbons (Fsp3) is 0.838. The zero-order valence-corrected chi connectivity index (χ0v) is 56.3. The second kappa shape index (κ2) is 69.8. The van der Waals surface area contributed by atoms with Crippen LogP contribution in [0.25, 0.3) is 0 Å². The third-order valence-corrected chi connectivity index (χ3v) is 17.2. The molecule has 2 atom stereocenters. The number of unbranched alkanes of at least 4 members (excludes halogenated alkanes) is 46. The molecule has 0 aromatic heterocycles. The van der Waals surface area contributed by atoms with E-state index >= 15 is 0 Å². The number of carbonyl (C=O) groups excluding carboxylic acids is 2. The molecule has 0 aliphatic carbocycles. The number of esters is 2. The molecule has 0 aliphatic heterocycles. The molecule has 0 fully saturated rings. The fourth-order valence-corrected chi connectivity index (χ4v) is 11.6. The van der Waals surface area contributed by atoms with Crippen LogP contribution in [0.2, 0.25) is 0 Å². The van der Waals surface area contributed by atoms with Crippen LogP contribution in [0.4, 0.5) is 0 Å². The van der Waals surface area contributed by atoms with Crippen molar-refractivity contribution < 1.29 is 37.6 Å². The molecule has 10 heteroatoms. The fourth-order valence-electron chi connectivity index (χ4n) is 10.8. The molecule has 0 amide bonds. The Morgan fingerprint density at radius 3 is 0.976 bits per heavy atom. The van der Waals surface area contributed by atoms with Crippen molar-refractivity contribution in [3.05, 3.63) is 60.8 Å². The molecule has 9 nitrogen and oxygen atoms in total. The van der Waals surface area contributed by atoms with E-state index in [0.29, 0.717) is 6.42 Å². The van der Waals surface area contributed by atoms with Gasteiger partial charge in [0, 0.05) is 19.4 Å². The first-order chi connectivity index (χ1) is 41.3. The average molecular weight is 1200 g/mol. The number of hydrogen-bond acceptors (Lipinski definition) is 8. The number of carbonyl (C=O) groups is 2. The first-order valence-corrected chi connectivity index (χ1v) is 37.8. The molecule has 2 unspecified atom stereocenters. The second-order valence-electron chi connectivity index (χ2n) is 24.4. The monoisotopic (exact) mass is 1200 g/mol. The molecule has 0 aliphatic rings. The SMILES string of the molecule is CC/C=C\C/C=C\C/C=C\C/C=C\C/C=C\CCCCCCCCCCCCCCCCCCCCCC(=O)OC(COC(=O)CCCCCCCCCCCCCCCCCCCCCCCCCCCCCC)COP(=O)(O)OCCN. The predicted octanol–water partition coefficient (Wildman–Crippen LogP) is 23.8.